The number of pyridine rings is 1. The monoisotopic (exact) mass is 540 g/mol. The number of ether oxygens (including phenoxy) is 1. The Morgan fingerprint density at radius 2 is 1.95 bits per heavy atom. The van der Waals surface area contributed by atoms with Crippen LogP contribution in [0.3, 0.4) is 0 Å². The molecule has 2 aromatic heterocycles. The Labute approximate surface area is 232 Å². The number of carbonyl (C=O) groups is 2. The minimum atomic E-state index is -0.324. The summed E-state index contributed by atoms with van der Waals surface area (Å²) in [6, 6.07) is 17.0. The summed E-state index contributed by atoms with van der Waals surface area (Å²) < 4.78 is 6.40. The number of phenols is 1. The van der Waals surface area contributed by atoms with Gasteiger partial charge in [0.25, 0.3) is 0 Å². The first-order valence-electron chi connectivity index (χ1n) is 13.7. The first kappa shape index (κ1) is 25.7. The van der Waals surface area contributed by atoms with Crippen molar-refractivity contribution in [3.05, 3.63) is 93.5 Å². The molecule has 2 amide bonds. The van der Waals surface area contributed by atoms with Gasteiger partial charge in [-0.15, -0.1) is 11.3 Å². The first-order chi connectivity index (χ1) is 19.0. The molecule has 6 rings (SSSR count). The van der Waals surface area contributed by atoms with E-state index < -0.39 is 0 Å². The maximum Gasteiger partial charge on any atom is 0.234 e. The normalized spacial score (nSPS) is 24.8. The second-order valence-electron chi connectivity index (χ2n) is 10.5. The summed E-state index contributed by atoms with van der Waals surface area (Å²) in [6.45, 7) is 2.99. The molecule has 0 spiro atoms. The second kappa shape index (κ2) is 10.9. The Kier molecular flexibility index (Phi) is 7.19. The highest BCUT2D eigenvalue weighted by Gasteiger charge is 2.56. The molecule has 2 fully saturated rings. The summed E-state index contributed by atoms with van der Waals surface area (Å²) in [5.41, 5.74) is 5.53. The fourth-order valence-corrected chi connectivity index (χ4v) is 7.17. The van der Waals surface area contributed by atoms with Crippen molar-refractivity contribution < 1.29 is 19.4 Å². The Hall–Kier alpha value is -3.55. The summed E-state index contributed by atoms with van der Waals surface area (Å²) in [7, 11) is 0. The van der Waals surface area contributed by atoms with Crippen LogP contribution in [0.2, 0.25) is 0 Å². The van der Waals surface area contributed by atoms with Crippen LogP contribution >= 0.6 is 11.3 Å². The number of amides is 2. The van der Waals surface area contributed by atoms with E-state index in [1.807, 2.05) is 47.8 Å². The van der Waals surface area contributed by atoms with Gasteiger partial charge in [-0.3, -0.25) is 19.5 Å². The van der Waals surface area contributed by atoms with Gasteiger partial charge in [0.05, 0.1) is 36.8 Å². The van der Waals surface area contributed by atoms with Crippen LogP contribution < -0.4 is 0 Å². The van der Waals surface area contributed by atoms with Crippen LogP contribution in [-0.4, -0.2) is 39.5 Å². The van der Waals surface area contributed by atoms with Crippen molar-refractivity contribution in [2.45, 2.75) is 45.3 Å². The lowest BCUT2D eigenvalue weighted by Crippen LogP contribution is -2.34. The summed E-state index contributed by atoms with van der Waals surface area (Å²) in [5, 5.41) is 11.7. The van der Waals surface area contributed by atoms with Crippen LogP contribution in [0.15, 0.2) is 77.3 Å². The van der Waals surface area contributed by atoms with E-state index in [1.165, 1.54) is 16.0 Å². The van der Waals surface area contributed by atoms with E-state index >= 15 is 0 Å². The zero-order valence-electron chi connectivity index (χ0n) is 22.0. The molecule has 2 aliphatic heterocycles. The van der Waals surface area contributed by atoms with Crippen LogP contribution in [0.1, 0.15) is 48.7 Å². The number of rotatable bonds is 8. The van der Waals surface area contributed by atoms with Gasteiger partial charge in [-0.25, -0.2) is 0 Å². The highest BCUT2D eigenvalue weighted by molar-refractivity contribution is 7.09. The fourth-order valence-electron chi connectivity index (χ4n) is 6.48. The molecule has 0 saturated carbocycles. The number of likely N-dealkylation sites (tertiary alicyclic amines) is 1. The number of hydrogen-bond donors (Lipinski definition) is 1. The van der Waals surface area contributed by atoms with Crippen molar-refractivity contribution in [3.63, 3.8) is 0 Å². The SMILES string of the molecule is CCC1=C2[C@@H](CC/C(=C/c3ccc(O)cc3)c3ccccn3)OC[C@@H]2[C@@H]2C(=O)N(Cc3cccs3)C(=O)[C@@H]2C1. The Balaban J connectivity index is 1.24. The van der Waals surface area contributed by atoms with Crippen LogP contribution in [0.5, 0.6) is 5.75 Å². The van der Waals surface area contributed by atoms with E-state index in [9.17, 15) is 14.7 Å². The number of imide groups is 1. The maximum atomic E-state index is 13.6. The number of hydrogen-bond acceptors (Lipinski definition) is 6. The summed E-state index contributed by atoms with van der Waals surface area (Å²) in [4.78, 5) is 34.1. The second-order valence-corrected chi connectivity index (χ2v) is 11.6. The smallest absolute Gasteiger partial charge is 0.234 e. The van der Waals surface area contributed by atoms with Crippen molar-refractivity contribution in [2.24, 2.45) is 17.8 Å². The van der Waals surface area contributed by atoms with Crippen molar-refractivity contribution in [3.8, 4) is 5.75 Å². The number of carbonyl (C=O) groups excluding carboxylic acids is 2. The predicted octanol–water partition coefficient (Wildman–Crippen LogP) is 6.10. The van der Waals surface area contributed by atoms with Crippen LogP contribution in [-0.2, 0) is 20.9 Å². The standard InChI is InChI=1S/C32H32N2O4S/c1-2-21-17-25-30(32(37)34(31(25)36)18-24-6-5-15-39-24)26-19-38-28(29(21)26)13-10-22(27-7-3-4-14-33-27)16-20-8-11-23(35)12-9-20/h3-9,11-12,14-16,25-26,28,30,35H,2,10,13,17-19H2,1H3/b22-16-/t25-,26+,28-,30-/m1/s1. The van der Waals surface area contributed by atoms with E-state index in [0.29, 0.717) is 19.6 Å². The molecule has 4 atom stereocenters. The molecule has 1 aromatic carbocycles. The first-order valence-corrected chi connectivity index (χ1v) is 14.5. The third kappa shape index (κ3) is 4.97. The molecule has 39 heavy (non-hydrogen) atoms. The Morgan fingerprint density at radius 1 is 1.10 bits per heavy atom. The number of aromatic hydroxyl groups is 1. The van der Waals surface area contributed by atoms with Gasteiger partial charge in [0.15, 0.2) is 0 Å². The molecule has 2 saturated heterocycles. The molecule has 200 valence electrons. The number of fused-ring (bicyclic) bond motifs is 3. The van der Waals surface area contributed by atoms with E-state index in [1.54, 1.807) is 29.7 Å². The average molecular weight is 541 g/mol. The molecule has 1 aliphatic carbocycles. The summed E-state index contributed by atoms with van der Waals surface area (Å²) in [5.74, 6) is -0.464. The molecular formula is C32H32N2O4S. The number of aromatic nitrogens is 1. The lowest BCUT2D eigenvalue weighted by Gasteiger charge is -2.31. The third-order valence-corrected chi connectivity index (χ3v) is 9.18. The predicted molar refractivity (Wildman–Crippen MR) is 151 cm³/mol. The minimum absolute atomic E-state index is 0.0267. The topological polar surface area (TPSA) is 79.7 Å². The van der Waals surface area contributed by atoms with Crippen molar-refractivity contribution in [1.29, 1.82) is 0 Å². The molecule has 6 nitrogen and oxygen atoms in total. The van der Waals surface area contributed by atoms with Gasteiger partial charge in [-0.1, -0.05) is 36.8 Å². The number of nitrogens with zero attached hydrogens (tertiary/aromatic N) is 2. The molecule has 0 bridgehead atoms. The van der Waals surface area contributed by atoms with Gasteiger partial charge in [0.2, 0.25) is 11.8 Å². The maximum absolute atomic E-state index is 13.6. The van der Waals surface area contributed by atoms with Crippen LogP contribution in [0, 0.1) is 17.8 Å². The largest absolute Gasteiger partial charge is 0.508 e. The summed E-state index contributed by atoms with van der Waals surface area (Å²) >= 11 is 1.58. The van der Waals surface area contributed by atoms with Gasteiger partial charge >= 0.3 is 0 Å². The molecule has 4 heterocycles. The zero-order chi connectivity index (χ0) is 26.9. The molecule has 1 N–H and O–H groups in total. The highest BCUT2D eigenvalue weighted by Crippen LogP contribution is 2.51. The van der Waals surface area contributed by atoms with E-state index in [-0.39, 0.29) is 41.4 Å². The fraction of sp³-hybridized carbons (Fsp3) is 0.344. The molecule has 0 radical (unpaired) electrons. The van der Waals surface area contributed by atoms with Crippen molar-refractivity contribution in [1.82, 2.24) is 9.88 Å². The zero-order valence-corrected chi connectivity index (χ0v) is 22.8. The lowest BCUT2D eigenvalue weighted by molar-refractivity contribution is -0.140. The van der Waals surface area contributed by atoms with E-state index in [2.05, 4.69) is 18.0 Å². The summed E-state index contributed by atoms with van der Waals surface area (Å²) in [6.07, 6.45) is 6.86. The van der Waals surface area contributed by atoms with Gasteiger partial charge < -0.3 is 9.84 Å². The molecule has 7 heteroatoms. The quantitative estimate of drug-likeness (QED) is 0.276. The molecule has 3 aliphatic rings. The van der Waals surface area contributed by atoms with Crippen LogP contribution in [0.25, 0.3) is 11.6 Å². The number of thiophene rings is 1. The van der Waals surface area contributed by atoms with Crippen molar-refractivity contribution in [2.75, 3.05) is 6.61 Å². The lowest BCUT2D eigenvalue weighted by atomic mass is 9.69. The van der Waals surface area contributed by atoms with Crippen LogP contribution in [0.4, 0.5) is 0 Å². The average Bonchev–Trinajstić information content (AvgIpc) is 3.68. The van der Waals surface area contributed by atoms with Gasteiger partial charge in [-0.2, -0.15) is 0 Å². The number of phenolic OH excluding ortho intramolecular Hbond substituents is 1. The highest BCUT2D eigenvalue weighted by atomic mass is 32.1. The van der Waals surface area contributed by atoms with Gasteiger partial charge in [0, 0.05) is 17.0 Å². The minimum Gasteiger partial charge on any atom is -0.508 e. The Morgan fingerprint density at radius 3 is 2.67 bits per heavy atom. The van der Waals surface area contributed by atoms with E-state index in [0.717, 1.165) is 41.0 Å². The third-order valence-electron chi connectivity index (χ3n) is 8.32. The molecule has 3 aromatic rings. The van der Waals surface area contributed by atoms with E-state index in [4.69, 9.17) is 4.74 Å². The van der Waals surface area contributed by atoms with Gasteiger partial charge in [-0.05, 0) is 84.2 Å². The Bertz CT molecular complexity index is 1410. The van der Waals surface area contributed by atoms with Gasteiger partial charge in [0.1, 0.15) is 5.75 Å². The molecular weight excluding hydrogens is 508 g/mol. The number of benzene rings is 1. The van der Waals surface area contributed by atoms with Crippen molar-refractivity contribution >= 4 is 34.8 Å². The molecule has 0 unspecified atom stereocenters. The number of allylic oxidation sites excluding steroid dienone is 2.